The molecule has 1 aromatic carbocycles. The minimum absolute atomic E-state index is 0.274. The van der Waals surface area contributed by atoms with Crippen LogP contribution in [0.15, 0.2) is 28.8 Å². The molecule has 0 atom stereocenters. The van der Waals surface area contributed by atoms with Gasteiger partial charge in [0.05, 0.1) is 18.9 Å². The van der Waals surface area contributed by atoms with Crippen molar-refractivity contribution in [2.24, 2.45) is 0 Å². The van der Waals surface area contributed by atoms with Gasteiger partial charge in [-0.25, -0.2) is 0 Å². The first kappa shape index (κ1) is 15.4. The Bertz CT molecular complexity index is 692. The number of hydrogen-bond acceptors (Lipinski definition) is 5. The van der Waals surface area contributed by atoms with Gasteiger partial charge >= 0.3 is 0 Å². The Hall–Kier alpha value is -2.50. The number of rotatable bonds is 7. The third-order valence-electron chi connectivity index (χ3n) is 3.55. The van der Waals surface area contributed by atoms with Crippen LogP contribution in [0, 0.1) is 0 Å². The van der Waals surface area contributed by atoms with Crippen molar-refractivity contribution in [2.45, 2.75) is 32.6 Å². The number of nitrogens with one attached hydrogen (secondary N) is 1. The van der Waals surface area contributed by atoms with Gasteiger partial charge in [-0.05, 0) is 38.8 Å². The van der Waals surface area contributed by atoms with Crippen molar-refractivity contribution in [2.75, 3.05) is 18.5 Å². The Labute approximate surface area is 134 Å². The van der Waals surface area contributed by atoms with Crippen LogP contribution in [-0.4, -0.2) is 24.3 Å². The smallest absolute Gasteiger partial charge is 0.277 e. The molecule has 3 rings (SSSR count). The molecule has 1 aliphatic carbocycles. The maximum absolute atomic E-state index is 12.4. The van der Waals surface area contributed by atoms with Gasteiger partial charge in [0.2, 0.25) is 0 Å². The first-order chi connectivity index (χ1) is 11.2. The molecule has 1 heterocycles. The molecule has 1 aromatic heterocycles. The van der Waals surface area contributed by atoms with Gasteiger partial charge in [0.25, 0.3) is 5.91 Å². The monoisotopic (exact) mass is 316 g/mol. The number of amides is 1. The Morgan fingerprint density at radius 2 is 2.04 bits per heavy atom. The molecule has 0 saturated heterocycles. The fourth-order valence-electron chi connectivity index (χ4n) is 2.29. The van der Waals surface area contributed by atoms with Crippen LogP contribution in [0.4, 0.5) is 5.69 Å². The zero-order valence-electron chi connectivity index (χ0n) is 13.3. The second kappa shape index (κ2) is 6.73. The third-order valence-corrected chi connectivity index (χ3v) is 3.55. The average molecular weight is 316 g/mol. The van der Waals surface area contributed by atoms with Crippen molar-refractivity contribution in [3.8, 4) is 11.5 Å². The van der Waals surface area contributed by atoms with Crippen molar-refractivity contribution in [3.05, 3.63) is 35.7 Å². The van der Waals surface area contributed by atoms with Crippen LogP contribution in [0.2, 0.25) is 0 Å². The first-order valence-corrected chi connectivity index (χ1v) is 7.88. The van der Waals surface area contributed by atoms with Crippen molar-refractivity contribution in [3.63, 3.8) is 0 Å². The number of nitrogens with zero attached hydrogens (tertiary/aromatic N) is 1. The molecule has 23 heavy (non-hydrogen) atoms. The van der Waals surface area contributed by atoms with E-state index >= 15 is 0 Å². The van der Waals surface area contributed by atoms with Crippen LogP contribution in [0.5, 0.6) is 11.5 Å². The van der Waals surface area contributed by atoms with Crippen LogP contribution in [0.3, 0.4) is 0 Å². The molecule has 0 bridgehead atoms. The van der Waals surface area contributed by atoms with Gasteiger partial charge in [-0.3, -0.25) is 4.79 Å². The molecule has 6 heteroatoms. The quantitative estimate of drug-likeness (QED) is 0.845. The molecule has 1 N–H and O–H groups in total. The predicted octanol–water partition coefficient (Wildman–Crippen LogP) is 3.60. The number of aromatic nitrogens is 1. The number of hydrogen-bond donors (Lipinski definition) is 1. The van der Waals surface area contributed by atoms with Crippen LogP contribution in [0.1, 0.15) is 48.9 Å². The molecule has 1 fully saturated rings. The summed E-state index contributed by atoms with van der Waals surface area (Å²) in [5.74, 6) is 2.14. The van der Waals surface area contributed by atoms with Crippen LogP contribution < -0.4 is 14.8 Å². The predicted molar refractivity (Wildman–Crippen MR) is 85.2 cm³/mol. The van der Waals surface area contributed by atoms with E-state index in [1.807, 2.05) is 19.9 Å². The normalized spacial score (nSPS) is 13.7. The molecule has 0 unspecified atom stereocenters. The summed E-state index contributed by atoms with van der Waals surface area (Å²) in [6, 6.07) is 7.04. The Kier molecular flexibility index (Phi) is 4.50. The molecule has 2 aromatic rings. The highest BCUT2D eigenvalue weighted by molar-refractivity contribution is 6.03. The summed E-state index contributed by atoms with van der Waals surface area (Å²) in [7, 11) is 0. The van der Waals surface area contributed by atoms with Gasteiger partial charge in [0.1, 0.15) is 17.3 Å². The summed E-state index contributed by atoms with van der Waals surface area (Å²) < 4.78 is 16.2. The molecule has 0 spiro atoms. The molecule has 1 saturated carbocycles. The lowest BCUT2D eigenvalue weighted by Gasteiger charge is -2.12. The van der Waals surface area contributed by atoms with Crippen LogP contribution >= 0.6 is 0 Å². The van der Waals surface area contributed by atoms with Crippen LogP contribution in [0.25, 0.3) is 0 Å². The van der Waals surface area contributed by atoms with E-state index in [-0.39, 0.29) is 11.6 Å². The highest BCUT2D eigenvalue weighted by Crippen LogP contribution is 2.40. The lowest BCUT2D eigenvalue weighted by Crippen LogP contribution is -2.13. The molecule has 6 nitrogen and oxygen atoms in total. The van der Waals surface area contributed by atoms with Gasteiger partial charge in [-0.15, -0.1) is 0 Å². The van der Waals surface area contributed by atoms with E-state index in [2.05, 4.69) is 10.5 Å². The largest absolute Gasteiger partial charge is 0.494 e. The van der Waals surface area contributed by atoms with E-state index < -0.39 is 0 Å². The number of benzene rings is 1. The van der Waals surface area contributed by atoms with E-state index in [1.54, 1.807) is 18.2 Å². The van der Waals surface area contributed by atoms with Gasteiger partial charge in [-0.1, -0.05) is 5.16 Å². The van der Waals surface area contributed by atoms with Crippen molar-refractivity contribution >= 4 is 11.6 Å². The maximum Gasteiger partial charge on any atom is 0.277 e. The molecule has 1 amide bonds. The standard InChI is InChI=1S/C17H20N2O4/c1-3-21-12-7-8-15(22-4-2)13(9-12)18-17(20)14-10-16(23-19-14)11-5-6-11/h7-11H,3-6H2,1-2H3,(H,18,20). The van der Waals surface area contributed by atoms with Crippen molar-refractivity contribution < 1.29 is 18.8 Å². The van der Waals surface area contributed by atoms with E-state index in [9.17, 15) is 4.79 Å². The topological polar surface area (TPSA) is 73.6 Å². The molecule has 0 radical (unpaired) electrons. The number of carbonyl (C=O) groups is 1. The fraction of sp³-hybridized carbons (Fsp3) is 0.412. The van der Waals surface area contributed by atoms with Gasteiger partial charge < -0.3 is 19.3 Å². The lowest BCUT2D eigenvalue weighted by atomic mass is 10.2. The Morgan fingerprint density at radius 3 is 2.74 bits per heavy atom. The second-order valence-corrected chi connectivity index (χ2v) is 5.37. The van der Waals surface area contributed by atoms with E-state index in [0.29, 0.717) is 36.3 Å². The van der Waals surface area contributed by atoms with E-state index in [0.717, 1.165) is 18.6 Å². The molecule has 122 valence electrons. The number of anilines is 1. The summed E-state index contributed by atoms with van der Waals surface area (Å²) in [5.41, 5.74) is 0.829. The summed E-state index contributed by atoms with van der Waals surface area (Å²) >= 11 is 0. The zero-order valence-corrected chi connectivity index (χ0v) is 13.3. The number of ether oxygens (including phenoxy) is 2. The van der Waals surface area contributed by atoms with Crippen molar-refractivity contribution in [1.82, 2.24) is 5.16 Å². The summed E-state index contributed by atoms with van der Waals surface area (Å²) in [4.78, 5) is 12.4. The average Bonchev–Trinajstić information content (AvgIpc) is 3.27. The minimum atomic E-state index is -0.324. The Balaban J connectivity index is 1.78. The minimum Gasteiger partial charge on any atom is -0.494 e. The lowest BCUT2D eigenvalue weighted by molar-refractivity contribution is 0.101. The highest BCUT2D eigenvalue weighted by atomic mass is 16.5. The first-order valence-electron chi connectivity index (χ1n) is 7.88. The summed E-state index contributed by atoms with van der Waals surface area (Å²) in [5, 5.41) is 6.67. The van der Waals surface area contributed by atoms with E-state index in [4.69, 9.17) is 14.0 Å². The van der Waals surface area contributed by atoms with Gasteiger partial charge in [0.15, 0.2) is 5.69 Å². The Morgan fingerprint density at radius 1 is 1.26 bits per heavy atom. The van der Waals surface area contributed by atoms with Crippen LogP contribution in [-0.2, 0) is 0 Å². The fourth-order valence-corrected chi connectivity index (χ4v) is 2.29. The van der Waals surface area contributed by atoms with E-state index in [1.165, 1.54) is 0 Å². The molecular weight excluding hydrogens is 296 g/mol. The van der Waals surface area contributed by atoms with Crippen molar-refractivity contribution in [1.29, 1.82) is 0 Å². The summed E-state index contributed by atoms with van der Waals surface area (Å²) in [6.45, 7) is 4.85. The second-order valence-electron chi connectivity index (χ2n) is 5.37. The molecule has 0 aliphatic heterocycles. The SMILES string of the molecule is CCOc1ccc(OCC)c(NC(=O)c2cc(C3CC3)on2)c1. The maximum atomic E-state index is 12.4. The molecule has 1 aliphatic rings. The molecular formula is C17H20N2O4. The third kappa shape index (κ3) is 3.64. The van der Waals surface area contributed by atoms with Gasteiger partial charge in [0, 0.05) is 18.1 Å². The summed E-state index contributed by atoms with van der Waals surface area (Å²) in [6.07, 6.45) is 2.20. The highest BCUT2D eigenvalue weighted by Gasteiger charge is 2.29. The van der Waals surface area contributed by atoms with Gasteiger partial charge in [-0.2, -0.15) is 0 Å². The zero-order chi connectivity index (χ0) is 16.2. The number of carbonyl (C=O) groups excluding carboxylic acids is 1.